The minimum absolute atomic E-state index is 0.00424. The maximum atomic E-state index is 15.1. The molecular formula is C64H104N18O19. The van der Waals surface area contributed by atoms with Crippen LogP contribution in [0.2, 0.25) is 0 Å². The number of guanidine groups is 2. The van der Waals surface area contributed by atoms with Crippen molar-refractivity contribution in [3.05, 3.63) is 29.8 Å². The number of hydrogen-bond acceptors (Lipinski definition) is 20. The predicted molar refractivity (Wildman–Crippen MR) is 364 cm³/mol. The van der Waals surface area contributed by atoms with E-state index in [1.807, 2.05) is 0 Å². The topological polar surface area (TPSA) is 575 Å². The largest absolute Gasteiger partial charge is 0.508 e. The lowest BCUT2D eigenvalue weighted by molar-refractivity contribution is -0.151. The summed E-state index contributed by atoms with van der Waals surface area (Å²) in [6, 6.07) is -4.77. The first-order valence-corrected chi connectivity index (χ1v) is 33.8. The van der Waals surface area contributed by atoms with Gasteiger partial charge in [-0.15, -0.1) is 0 Å². The van der Waals surface area contributed by atoms with Crippen molar-refractivity contribution in [3.8, 4) is 5.75 Å². The van der Waals surface area contributed by atoms with E-state index in [9.17, 15) is 83.4 Å². The number of piperidine rings is 1. The molecule has 4 rings (SSSR count). The second kappa shape index (κ2) is 40.7. The van der Waals surface area contributed by atoms with Gasteiger partial charge in [-0.2, -0.15) is 0 Å². The minimum Gasteiger partial charge on any atom is -0.508 e. The van der Waals surface area contributed by atoms with Gasteiger partial charge in [-0.25, -0.2) is 4.79 Å². The number of unbranched alkanes of at least 4 members (excludes halogenated alkanes) is 1. The Morgan fingerprint density at radius 1 is 0.584 bits per heavy atom. The number of aliphatic imine (C=N–C) groups is 1. The Hall–Kier alpha value is -9.49. The Morgan fingerprint density at radius 2 is 1.09 bits per heavy atom. The zero-order chi connectivity index (χ0) is 75.4. The molecule has 0 aromatic heterocycles. The van der Waals surface area contributed by atoms with E-state index in [4.69, 9.17) is 28.3 Å². The number of hydrogen-bond donors (Lipinski definition) is 17. The Balaban J connectivity index is 1.62. The Bertz CT molecular complexity index is 3070. The van der Waals surface area contributed by atoms with Gasteiger partial charge in [0.2, 0.25) is 47.3 Å². The first-order valence-electron chi connectivity index (χ1n) is 33.8. The quantitative estimate of drug-likeness (QED) is 0.0167. The van der Waals surface area contributed by atoms with E-state index in [0.29, 0.717) is 24.8 Å². The number of benzene rings is 1. The Labute approximate surface area is 585 Å². The number of nitrogens with zero attached hydrogens (tertiary/aromatic N) is 7. The van der Waals surface area contributed by atoms with E-state index in [1.165, 1.54) is 43.9 Å². The number of aromatic hydroxyl groups is 1. The first kappa shape index (κ1) is 83.9. The lowest BCUT2D eigenvalue weighted by Crippen LogP contribution is -2.65. The van der Waals surface area contributed by atoms with Crippen LogP contribution >= 0.6 is 0 Å². The second-order valence-electron chi connectivity index (χ2n) is 27.2. The molecule has 3 heterocycles. The van der Waals surface area contributed by atoms with Gasteiger partial charge in [0.15, 0.2) is 11.9 Å². The number of rotatable bonds is 43. The van der Waals surface area contributed by atoms with Crippen LogP contribution in [0.3, 0.4) is 0 Å². The third-order valence-corrected chi connectivity index (χ3v) is 17.5. The highest BCUT2D eigenvalue weighted by Gasteiger charge is 2.46. The standard InChI is InChI=1S/C64H104N18O19/c1-37(2)30-44(61(100)101)74-58(97)53(64(3,4)5)76-54(93)43(31-38-13-15-40(83)16-14-38)73-55(94)45-12-9-22-81(45)60(99)42(11-8-21-70-62(66)67)72-57(96)52(39-17-23-80(24-18-39)63(68)69)75-56(95)46-19-25-82(46)59(98)41(10-6-7-20-65)71-47(84)32-78(34-49(87)88)28-26-77(33-48(85)86)27-29-79(35-50(89)90)36-51(91)92/h13-16,37,39,41-46,52-53,83H,6-12,17-36,65H2,1-5H3,(H3,68,69)(H,71,84)(H,72,96)(H,73,94)(H,74,97)(H,75,95)(H,76,93)(H,85,86)(H,87,88)(H,89,90)(H,91,92)(H,100,101)(H4,66,67,70)/t41-,42+,43+,44+,45+,46+,52+,53-/m1/s1. The van der Waals surface area contributed by atoms with Crippen molar-refractivity contribution in [3.63, 3.8) is 0 Å². The van der Waals surface area contributed by atoms with E-state index >= 15 is 9.59 Å². The molecule has 0 saturated carbocycles. The molecular weight excluding hydrogens is 1320 g/mol. The zero-order valence-corrected chi connectivity index (χ0v) is 58.1. The normalized spacial score (nSPS) is 17.3. The van der Waals surface area contributed by atoms with Crippen molar-refractivity contribution >= 4 is 89.0 Å². The number of amides is 8. The van der Waals surface area contributed by atoms with Crippen LogP contribution in [0.25, 0.3) is 0 Å². The average Bonchev–Trinajstić information content (AvgIpc) is 1.26. The summed E-state index contributed by atoms with van der Waals surface area (Å²) in [6.07, 6.45) is 1.54. The van der Waals surface area contributed by atoms with Crippen LogP contribution in [0.5, 0.6) is 5.75 Å². The van der Waals surface area contributed by atoms with E-state index in [-0.39, 0.29) is 147 Å². The molecule has 0 aliphatic carbocycles. The molecule has 0 unspecified atom stereocenters. The van der Waals surface area contributed by atoms with Gasteiger partial charge >= 0.3 is 29.8 Å². The number of nitrogens with two attached hydrogens (primary N) is 4. The molecule has 0 radical (unpaired) electrons. The molecule has 101 heavy (non-hydrogen) atoms. The van der Waals surface area contributed by atoms with Crippen molar-refractivity contribution < 1.29 is 93.0 Å². The molecule has 564 valence electrons. The summed E-state index contributed by atoms with van der Waals surface area (Å²) in [4.78, 5) is 187. The molecule has 3 fully saturated rings. The fourth-order valence-electron chi connectivity index (χ4n) is 12.2. The fraction of sp³-hybridized carbons (Fsp3) is 0.672. The Morgan fingerprint density at radius 3 is 1.59 bits per heavy atom. The Kier molecular flexibility index (Phi) is 33.8. The van der Waals surface area contributed by atoms with E-state index in [2.05, 4.69) is 36.9 Å². The fourth-order valence-corrected chi connectivity index (χ4v) is 12.2. The van der Waals surface area contributed by atoms with Crippen LogP contribution in [0.4, 0.5) is 0 Å². The molecule has 3 aliphatic rings. The van der Waals surface area contributed by atoms with Gasteiger partial charge in [0.05, 0.1) is 32.7 Å². The lowest BCUT2D eigenvalue weighted by atomic mass is 9.85. The number of nitrogens with one attached hydrogen (secondary N) is 7. The van der Waals surface area contributed by atoms with Gasteiger partial charge < -0.3 is 100 Å². The second-order valence-corrected chi connectivity index (χ2v) is 27.2. The maximum Gasteiger partial charge on any atom is 0.326 e. The SMILES string of the molecule is CC(C)C[C@H](NC(=O)[C@@H](NC(=O)[C@H](Cc1ccc(O)cc1)NC(=O)[C@@H]1CCCN1C(=O)[C@H](CCCN=C(N)N)NC(=O)[C@@H](NC(=O)[C@@H]1CCN1C(=O)[C@@H](CCCCN)NC(=O)CN(CCN(CCN(CC(=O)O)CC(=O)O)CC(=O)O)CC(=O)O)C1CCN(C(=N)N)CC1)C(C)(C)C)C(=O)O. The van der Waals surface area contributed by atoms with Crippen LogP contribution in [0.1, 0.15) is 111 Å². The van der Waals surface area contributed by atoms with Crippen molar-refractivity contribution in [2.75, 3.05) is 98.2 Å². The minimum atomic E-state index is -1.42. The van der Waals surface area contributed by atoms with Gasteiger partial charge in [-0.1, -0.05) is 46.8 Å². The van der Waals surface area contributed by atoms with Crippen molar-refractivity contribution in [1.29, 1.82) is 5.41 Å². The van der Waals surface area contributed by atoms with Gasteiger partial charge in [0.1, 0.15) is 54.1 Å². The molecule has 3 saturated heterocycles. The number of carbonyl (C=O) groups excluding carboxylic acids is 8. The number of carboxylic acids is 5. The van der Waals surface area contributed by atoms with Gasteiger partial charge in [0.25, 0.3) is 0 Å². The van der Waals surface area contributed by atoms with Crippen LogP contribution < -0.4 is 54.8 Å². The molecule has 1 aromatic rings. The maximum absolute atomic E-state index is 15.1. The molecule has 37 heteroatoms. The summed E-state index contributed by atoms with van der Waals surface area (Å²) >= 11 is 0. The molecule has 0 bridgehead atoms. The van der Waals surface area contributed by atoms with Gasteiger partial charge in [-0.3, -0.25) is 82.6 Å². The van der Waals surface area contributed by atoms with Crippen molar-refractivity contribution in [2.24, 2.45) is 45.2 Å². The molecule has 8 amide bonds. The van der Waals surface area contributed by atoms with Crippen LogP contribution in [0, 0.1) is 22.7 Å². The zero-order valence-electron chi connectivity index (χ0n) is 58.1. The van der Waals surface area contributed by atoms with Crippen molar-refractivity contribution in [1.82, 2.24) is 61.3 Å². The summed E-state index contributed by atoms with van der Waals surface area (Å²) in [5.41, 5.74) is 22.4. The molecule has 3 aliphatic heterocycles. The summed E-state index contributed by atoms with van der Waals surface area (Å²) < 4.78 is 0. The summed E-state index contributed by atoms with van der Waals surface area (Å²) in [6.45, 7) is 5.13. The molecule has 1 aromatic carbocycles. The van der Waals surface area contributed by atoms with Crippen LogP contribution in [-0.4, -0.2) is 296 Å². The average molecular weight is 1430 g/mol. The monoisotopic (exact) mass is 1430 g/mol. The highest BCUT2D eigenvalue weighted by molar-refractivity contribution is 5.99. The lowest BCUT2D eigenvalue weighted by Gasteiger charge is -2.43. The predicted octanol–water partition coefficient (Wildman–Crippen LogP) is -4.36. The third kappa shape index (κ3) is 28.6. The number of phenolic OH excluding ortho intramolecular Hbond substituents is 1. The van der Waals surface area contributed by atoms with E-state index < -0.39 is 169 Å². The molecule has 8 atom stereocenters. The number of aliphatic carboxylic acids is 5. The van der Waals surface area contributed by atoms with Crippen molar-refractivity contribution in [2.45, 2.75) is 160 Å². The highest BCUT2D eigenvalue weighted by atomic mass is 16.4. The van der Waals surface area contributed by atoms with Crippen LogP contribution in [-0.2, 0) is 68.7 Å². The third-order valence-electron chi connectivity index (χ3n) is 17.5. The first-order chi connectivity index (χ1) is 47.5. The molecule has 0 spiro atoms. The number of carbonyl (C=O) groups is 13. The molecule has 21 N–H and O–H groups in total. The van der Waals surface area contributed by atoms with Gasteiger partial charge in [0, 0.05) is 65.3 Å². The highest BCUT2D eigenvalue weighted by Crippen LogP contribution is 2.27. The molecule has 37 nitrogen and oxygen atoms in total. The van der Waals surface area contributed by atoms with Crippen LogP contribution in [0.15, 0.2) is 29.3 Å². The summed E-state index contributed by atoms with van der Waals surface area (Å²) in [5.74, 6) is -14.2. The summed E-state index contributed by atoms with van der Waals surface area (Å²) in [5, 5.41) is 82.4. The number of likely N-dealkylation sites (tertiary alicyclic amines) is 3. The smallest absolute Gasteiger partial charge is 0.326 e. The number of carboxylic acid groups (broad SMARTS) is 5. The number of phenols is 1. The summed E-state index contributed by atoms with van der Waals surface area (Å²) in [7, 11) is 0. The van der Waals surface area contributed by atoms with E-state index in [0.717, 1.165) is 4.90 Å². The van der Waals surface area contributed by atoms with Gasteiger partial charge in [-0.05, 0) is 112 Å². The van der Waals surface area contributed by atoms with E-state index in [1.54, 1.807) is 39.5 Å².